The van der Waals surface area contributed by atoms with E-state index in [-0.39, 0.29) is 5.57 Å². The van der Waals surface area contributed by atoms with Crippen LogP contribution in [0.25, 0.3) is 0 Å². The fourth-order valence-electron chi connectivity index (χ4n) is 2.69. The number of rotatable bonds is 15. The molecule has 0 heterocycles. The van der Waals surface area contributed by atoms with Crippen LogP contribution in [-0.2, 0) is 4.79 Å². The summed E-state index contributed by atoms with van der Waals surface area (Å²) in [5, 5.41) is 7.89. The second-order valence-corrected chi connectivity index (χ2v) is 7.30. The summed E-state index contributed by atoms with van der Waals surface area (Å²) in [6.45, 7) is 11.6. The van der Waals surface area contributed by atoms with Gasteiger partial charge in [-0.15, -0.1) is 0 Å². The van der Waals surface area contributed by atoms with Gasteiger partial charge in [0.05, 0.1) is 0 Å². The first-order valence-corrected chi connectivity index (χ1v) is 10.3. The SMILES string of the molecule is C=C(C)C(=O)O.CCCCCCCCCCC(C)CCCCCC. The minimum Gasteiger partial charge on any atom is -0.478 e. The normalized spacial score (nSPS) is 11.5. The molecule has 0 spiro atoms. The molecule has 0 amide bonds. The first-order chi connectivity index (χ1) is 11.5. The van der Waals surface area contributed by atoms with Gasteiger partial charge in [0.15, 0.2) is 0 Å². The van der Waals surface area contributed by atoms with Gasteiger partial charge in [-0.05, 0) is 12.8 Å². The van der Waals surface area contributed by atoms with Crippen molar-refractivity contribution in [3.05, 3.63) is 12.2 Å². The van der Waals surface area contributed by atoms with Gasteiger partial charge in [-0.2, -0.15) is 0 Å². The lowest BCUT2D eigenvalue weighted by molar-refractivity contribution is -0.132. The first-order valence-electron chi connectivity index (χ1n) is 10.3. The summed E-state index contributed by atoms with van der Waals surface area (Å²) in [7, 11) is 0. The highest BCUT2D eigenvalue weighted by Gasteiger charge is 2.01. The maximum atomic E-state index is 9.60. The van der Waals surface area contributed by atoms with Crippen molar-refractivity contribution in [1.29, 1.82) is 0 Å². The molecule has 0 aliphatic heterocycles. The molecule has 0 radical (unpaired) electrons. The van der Waals surface area contributed by atoms with Gasteiger partial charge in [0.1, 0.15) is 0 Å². The molecule has 0 fully saturated rings. The van der Waals surface area contributed by atoms with Crippen molar-refractivity contribution in [1.82, 2.24) is 0 Å². The summed E-state index contributed by atoms with van der Waals surface area (Å²) in [5.41, 5.74) is 0.176. The maximum absolute atomic E-state index is 9.60. The fraction of sp³-hybridized carbons (Fsp3) is 0.864. The van der Waals surface area contributed by atoms with Gasteiger partial charge in [-0.25, -0.2) is 4.79 Å². The summed E-state index contributed by atoms with van der Waals surface area (Å²) < 4.78 is 0. The van der Waals surface area contributed by atoms with E-state index in [0.717, 1.165) is 5.92 Å². The van der Waals surface area contributed by atoms with Crippen LogP contribution >= 0.6 is 0 Å². The molecule has 0 saturated carbocycles. The van der Waals surface area contributed by atoms with Crippen LogP contribution < -0.4 is 0 Å². The van der Waals surface area contributed by atoms with Crippen LogP contribution in [0.15, 0.2) is 12.2 Å². The van der Waals surface area contributed by atoms with Crippen molar-refractivity contribution >= 4 is 5.97 Å². The number of hydrogen-bond acceptors (Lipinski definition) is 1. The average Bonchev–Trinajstić information content (AvgIpc) is 2.54. The van der Waals surface area contributed by atoms with Gasteiger partial charge in [0.25, 0.3) is 0 Å². The molecule has 2 nitrogen and oxygen atoms in total. The lowest BCUT2D eigenvalue weighted by atomic mass is 9.96. The van der Waals surface area contributed by atoms with Gasteiger partial charge >= 0.3 is 5.97 Å². The number of carboxylic acid groups (broad SMARTS) is 1. The maximum Gasteiger partial charge on any atom is 0.330 e. The third kappa shape index (κ3) is 23.5. The number of aliphatic carboxylic acids is 1. The highest BCUT2D eigenvalue weighted by Crippen LogP contribution is 2.18. The van der Waals surface area contributed by atoms with Crippen molar-refractivity contribution in [2.75, 3.05) is 0 Å². The summed E-state index contributed by atoms with van der Waals surface area (Å²) in [6, 6.07) is 0. The molecule has 0 aromatic heterocycles. The molecule has 0 bridgehead atoms. The van der Waals surface area contributed by atoms with Crippen LogP contribution in [0.1, 0.15) is 118 Å². The van der Waals surface area contributed by atoms with E-state index in [0.29, 0.717) is 0 Å². The highest BCUT2D eigenvalue weighted by molar-refractivity contribution is 5.84. The third-order valence-corrected chi connectivity index (χ3v) is 4.47. The van der Waals surface area contributed by atoms with E-state index in [4.69, 9.17) is 5.11 Å². The Kier molecular flexibility index (Phi) is 21.5. The van der Waals surface area contributed by atoms with E-state index in [1.54, 1.807) is 0 Å². The van der Waals surface area contributed by atoms with E-state index in [2.05, 4.69) is 27.4 Å². The Labute approximate surface area is 152 Å². The molecule has 0 aromatic rings. The quantitative estimate of drug-likeness (QED) is 0.244. The van der Waals surface area contributed by atoms with Crippen molar-refractivity contribution in [2.24, 2.45) is 5.92 Å². The Bertz CT molecular complexity index is 272. The predicted octanol–water partition coefficient (Wildman–Crippen LogP) is 7.77. The van der Waals surface area contributed by atoms with E-state index >= 15 is 0 Å². The van der Waals surface area contributed by atoms with Crippen LogP contribution in [-0.4, -0.2) is 11.1 Å². The number of carboxylic acids is 1. The van der Waals surface area contributed by atoms with Crippen LogP contribution in [0.2, 0.25) is 0 Å². The van der Waals surface area contributed by atoms with Gasteiger partial charge < -0.3 is 5.11 Å². The molecule has 1 atom stereocenters. The molecule has 2 heteroatoms. The fourth-order valence-corrected chi connectivity index (χ4v) is 2.69. The summed E-state index contributed by atoms with van der Waals surface area (Å²) in [6.07, 6.45) is 20.3. The van der Waals surface area contributed by atoms with Crippen molar-refractivity contribution in [3.63, 3.8) is 0 Å². The van der Waals surface area contributed by atoms with Crippen LogP contribution in [0.3, 0.4) is 0 Å². The molecule has 0 saturated heterocycles. The Balaban J connectivity index is 0. The Morgan fingerprint density at radius 2 is 1.08 bits per heavy atom. The summed E-state index contributed by atoms with van der Waals surface area (Å²) in [5.74, 6) is 0.0388. The summed E-state index contributed by atoms with van der Waals surface area (Å²) >= 11 is 0. The number of hydrogen-bond donors (Lipinski definition) is 1. The molecule has 1 N–H and O–H groups in total. The van der Waals surface area contributed by atoms with E-state index < -0.39 is 5.97 Å². The average molecular weight is 341 g/mol. The number of carbonyl (C=O) groups is 1. The lowest BCUT2D eigenvalue weighted by Crippen LogP contribution is -1.95. The zero-order chi connectivity index (χ0) is 18.6. The third-order valence-electron chi connectivity index (χ3n) is 4.47. The summed E-state index contributed by atoms with van der Waals surface area (Å²) in [4.78, 5) is 9.60. The van der Waals surface area contributed by atoms with Gasteiger partial charge in [0.2, 0.25) is 0 Å². The molecule has 0 aliphatic rings. The standard InChI is InChI=1S/C18H38.C4H6O2/c1-4-6-8-10-11-12-13-15-17-18(3)16-14-9-7-5-2;1-3(2)4(5)6/h18H,4-17H2,1-3H3;1H2,2H3,(H,5,6). The molecule has 144 valence electrons. The van der Waals surface area contributed by atoms with E-state index in [1.165, 1.54) is 96.8 Å². The first kappa shape index (κ1) is 25.5. The smallest absolute Gasteiger partial charge is 0.330 e. The van der Waals surface area contributed by atoms with Crippen LogP contribution in [0, 0.1) is 5.92 Å². The largest absolute Gasteiger partial charge is 0.478 e. The van der Waals surface area contributed by atoms with Crippen LogP contribution in [0.5, 0.6) is 0 Å². The Hall–Kier alpha value is -0.790. The topological polar surface area (TPSA) is 37.3 Å². The van der Waals surface area contributed by atoms with Crippen molar-refractivity contribution in [3.8, 4) is 0 Å². The van der Waals surface area contributed by atoms with Crippen molar-refractivity contribution in [2.45, 2.75) is 118 Å². The second-order valence-electron chi connectivity index (χ2n) is 7.30. The van der Waals surface area contributed by atoms with E-state index in [1.807, 2.05) is 0 Å². The zero-order valence-corrected chi connectivity index (χ0v) is 17.0. The Morgan fingerprint density at radius 3 is 1.42 bits per heavy atom. The van der Waals surface area contributed by atoms with Gasteiger partial charge in [-0.3, -0.25) is 0 Å². The monoisotopic (exact) mass is 340 g/mol. The molecule has 0 aromatic carbocycles. The molecular formula is C22H44O2. The van der Waals surface area contributed by atoms with Crippen LogP contribution in [0.4, 0.5) is 0 Å². The van der Waals surface area contributed by atoms with E-state index in [9.17, 15) is 4.79 Å². The lowest BCUT2D eigenvalue weighted by Gasteiger charge is -2.10. The number of unbranched alkanes of at least 4 members (excludes halogenated alkanes) is 10. The second kappa shape index (κ2) is 20.3. The molecular weight excluding hydrogens is 296 g/mol. The minimum absolute atomic E-state index is 0.176. The van der Waals surface area contributed by atoms with Gasteiger partial charge in [-0.1, -0.05) is 117 Å². The highest BCUT2D eigenvalue weighted by atomic mass is 16.4. The van der Waals surface area contributed by atoms with Gasteiger partial charge in [0, 0.05) is 5.57 Å². The molecule has 0 rings (SSSR count). The minimum atomic E-state index is -0.935. The molecule has 24 heavy (non-hydrogen) atoms. The zero-order valence-electron chi connectivity index (χ0n) is 17.0. The van der Waals surface area contributed by atoms with Crippen molar-refractivity contribution < 1.29 is 9.90 Å². The molecule has 0 aliphatic carbocycles. The Morgan fingerprint density at radius 1 is 0.792 bits per heavy atom. The predicted molar refractivity (Wildman–Crippen MR) is 108 cm³/mol. The molecule has 1 unspecified atom stereocenters.